The Morgan fingerprint density at radius 3 is 2.67 bits per heavy atom. The standard InChI is InChI=1S/C27H29N3O4S2/c1-18-6-4-12-29(16-18)36(32,33)23-10-8-21(9-11-23)26(31)30(17-22-7-5-13-34-22)27-28-24-15-19(2)14-20(3)25(24)35-27/h5,7-11,13-15,18H,4,6,12,16-17H2,1-3H3. The monoisotopic (exact) mass is 523 g/mol. The lowest BCUT2D eigenvalue weighted by atomic mass is 10.0. The lowest BCUT2D eigenvalue weighted by Crippen LogP contribution is -2.39. The van der Waals surface area contributed by atoms with E-state index in [9.17, 15) is 13.2 Å². The van der Waals surface area contributed by atoms with Gasteiger partial charge in [0.15, 0.2) is 5.13 Å². The normalized spacial score (nSPS) is 16.9. The molecule has 0 N–H and O–H groups in total. The predicted molar refractivity (Wildman–Crippen MR) is 142 cm³/mol. The molecule has 2 aromatic carbocycles. The van der Waals surface area contributed by atoms with Gasteiger partial charge in [-0.2, -0.15) is 4.31 Å². The minimum absolute atomic E-state index is 0.205. The summed E-state index contributed by atoms with van der Waals surface area (Å²) in [7, 11) is -3.59. The molecule has 7 nitrogen and oxygen atoms in total. The summed E-state index contributed by atoms with van der Waals surface area (Å²) in [5.74, 6) is 0.704. The molecule has 1 saturated heterocycles. The van der Waals surface area contributed by atoms with Gasteiger partial charge < -0.3 is 4.42 Å². The van der Waals surface area contributed by atoms with Gasteiger partial charge in [-0.25, -0.2) is 13.4 Å². The van der Waals surface area contributed by atoms with E-state index in [1.54, 1.807) is 33.7 Å². The average molecular weight is 524 g/mol. The number of anilines is 1. The van der Waals surface area contributed by atoms with Crippen molar-refractivity contribution in [3.8, 4) is 0 Å². The zero-order valence-electron chi connectivity index (χ0n) is 20.6. The number of amides is 1. The van der Waals surface area contributed by atoms with Crippen LogP contribution >= 0.6 is 11.3 Å². The van der Waals surface area contributed by atoms with Gasteiger partial charge in [-0.1, -0.05) is 24.3 Å². The Labute approximate surface area is 215 Å². The number of aromatic nitrogens is 1. The third-order valence-corrected chi connectivity index (χ3v) is 9.65. The number of thiazole rings is 1. The fourth-order valence-corrected chi connectivity index (χ4v) is 7.32. The number of furan rings is 1. The maximum atomic E-state index is 13.7. The van der Waals surface area contributed by atoms with Crippen LogP contribution in [0.5, 0.6) is 0 Å². The van der Waals surface area contributed by atoms with Crippen LogP contribution in [0.25, 0.3) is 10.2 Å². The van der Waals surface area contributed by atoms with E-state index in [1.165, 1.54) is 23.5 Å². The van der Waals surface area contributed by atoms with Gasteiger partial charge in [0, 0.05) is 18.7 Å². The fraction of sp³-hybridized carbons (Fsp3) is 0.333. The number of sulfonamides is 1. The summed E-state index contributed by atoms with van der Waals surface area (Å²) in [5.41, 5.74) is 3.46. The zero-order chi connectivity index (χ0) is 25.4. The molecule has 0 aliphatic carbocycles. The van der Waals surface area contributed by atoms with Gasteiger partial charge in [0.2, 0.25) is 10.0 Å². The first-order valence-corrected chi connectivity index (χ1v) is 14.3. The van der Waals surface area contributed by atoms with E-state index in [-0.39, 0.29) is 17.3 Å². The number of carbonyl (C=O) groups excluding carboxylic acids is 1. The van der Waals surface area contributed by atoms with Crippen LogP contribution in [0.2, 0.25) is 0 Å². The number of benzene rings is 2. The summed E-state index contributed by atoms with van der Waals surface area (Å²) in [6.45, 7) is 7.41. The third kappa shape index (κ3) is 4.83. The van der Waals surface area contributed by atoms with Crippen molar-refractivity contribution in [2.24, 2.45) is 5.92 Å². The molecule has 1 unspecified atom stereocenters. The largest absolute Gasteiger partial charge is 0.467 e. The van der Waals surface area contributed by atoms with Gasteiger partial charge in [0.1, 0.15) is 5.76 Å². The number of aryl methyl sites for hydroxylation is 2. The number of nitrogens with zero attached hydrogens (tertiary/aromatic N) is 3. The molecule has 188 valence electrons. The fourth-order valence-electron chi connectivity index (χ4n) is 4.70. The molecule has 2 aromatic heterocycles. The highest BCUT2D eigenvalue weighted by atomic mass is 32.2. The van der Waals surface area contributed by atoms with E-state index in [0.717, 1.165) is 34.2 Å². The highest BCUT2D eigenvalue weighted by Crippen LogP contribution is 2.34. The molecule has 36 heavy (non-hydrogen) atoms. The summed E-state index contributed by atoms with van der Waals surface area (Å²) < 4.78 is 34.4. The molecule has 0 spiro atoms. The van der Waals surface area contributed by atoms with Crippen molar-refractivity contribution >= 4 is 42.6 Å². The molecule has 5 rings (SSSR count). The summed E-state index contributed by atoms with van der Waals surface area (Å²) in [5, 5.41) is 0.569. The van der Waals surface area contributed by atoms with Crippen LogP contribution in [0, 0.1) is 19.8 Å². The minimum atomic E-state index is -3.59. The number of piperidine rings is 1. The number of fused-ring (bicyclic) bond motifs is 1. The zero-order valence-corrected chi connectivity index (χ0v) is 22.2. The van der Waals surface area contributed by atoms with Crippen molar-refractivity contribution < 1.29 is 17.6 Å². The molecule has 1 atom stereocenters. The highest BCUT2D eigenvalue weighted by molar-refractivity contribution is 7.89. The Hall–Kier alpha value is -3.01. The maximum absolute atomic E-state index is 13.7. The second kappa shape index (κ2) is 9.80. The Morgan fingerprint density at radius 1 is 1.19 bits per heavy atom. The van der Waals surface area contributed by atoms with E-state index in [2.05, 4.69) is 13.0 Å². The van der Waals surface area contributed by atoms with Crippen LogP contribution < -0.4 is 4.90 Å². The number of carbonyl (C=O) groups is 1. The Bertz CT molecular complexity index is 1490. The van der Waals surface area contributed by atoms with Crippen LogP contribution in [0.15, 0.2) is 64.1 Å². The van der Waals surface area contributed by atoms with Crippen molar-refractivity contribution in [2.45, 2.75) is 45.1 Å². The predicted octanol–water partition coefficient (Wildman–Crippen LogP) is 5.77. The van der Waals surface area contributed by atoms with Gasteiger partial charge in [-0.3, -0.25) is 9.69 Å². The van der Waals surface area contributed by atoms with Gasteiger partial charge >= 0.3 is 0 Å². The summed E-state index contributed by atoms with van der Waals surface area (Å²) in [4.78, 5) is 20.3. The number of rotatable bonds is 6. The van der Waals surface area contributed by atoms with Crippen LogP contribution in [0.3, 0.4) is 0 Å². The summed E-state index contributed by atoms with van der Waals surface area (Å²) in [6.07, 6.45) is 3.47. The molecule has 0 saturated carbocycles. The lowest BCUT2D eigenvalue weighted by Gasteiger charge is -2.30. The molecule has 1 aliphatic heterocycles. The molecule has 1 amide bonds. The Balaban J connectivity index is 1.47. The molecule has 0 radical (unpaired) electrons. The van der Waals surface area contributed by atoms with E-state index in [4.69, 9.17) is 9.40 Å². The van der Waals surface area contributed by atoms with Crippen molar-refractivity contribution in [3.05, 3.63) is 77.2 Å². The van der Waals surface area contributed by atoms with Crippen LogP contribution in [-0.2, 0) is 16.6 Å². The Morgan fingerprint density at radius 2 is 1.97 bits per heavy atom. The maximum Gasteiger partial charge on any atom is 0.260 e. The van der Waals surface area contributed by atoms with Crippen LogP contribution in [0.4, 0.5) is 5.13 Å². The van der Waals surface area contributed by atoms with Crippen molar-refractivity contribution in [1.29, 1.82) is 0 Å². The molecular formula is C27H29N3O4S2. The first kappa shape index (κ1) is 24.7. The minimum Gasteiger partial charge on any atom is -0.467 e. The van der Waals surface area contributed by atoms with Crippen molar-refractivity contribution in [3.63, 3.8) is 0 Å². The molecule has 4 aromatic rings. The number of hydrogen-bond donors (Lipinski definition) is 0. The topological polar surface area (TPSA) is 83.7 Å². The van der Waals surface area contributed by atoms with Gasteiger partial charge in [0.25, 0.3) is 5.91 Å². The van der Waals surface area contributed by atoms with Crippen molar-refractivity contribution in [1.82, 2.24) is 9.29 Å². The molecule has 9 heteroatoms. The molecule has 1 aliphatic rings. The Kier molecular flexibility index (Phi) is 6.72. The van der Waals surface area contributed by atoms with Gasteiger partial charge in [-0.15, -0.1) is 0 Å². The van der Waals surface area contributed by atoms with E-state index in [0.29, 0.717) is 35.5 Å². The highest BCUT2D eigenvalue weighted by Gasteiger charge is 2.29. The number of hydrogen-bond acceptors (Lipinski definition) is 6. The van der Waals surface area contributed by atoms with E-state index in [1.807, 2.05) is 26.0 Å². The third-order valence-electron chi connectivity index (χ3n) is 6.54. The first-order valence-electron chi connectivity index (χ1n) is 12.0. The summed E-state index contributed by atoms with van der Waals surface area (Å²) >= 11 is 1.46. The van der Waals surface area contributed by atoms with Gasteiger partial charge in [-0.05, 0) is 86.2 Å². The quantitative estimate of drug-likeness (QED) is 0.320. The second-order valence-electron chi connectivity index (χ2n) is 9.53. The molecular weight excluding hydrogens is 494 g/mol. The molecule has 3 heterocycles. The first-order chi connectivity index (χ1) is 17.2. The molecule has 0 bridgehead atoms. The smallest absolute Gasteiger partial charge is 0.260 e. The average Bonchev–Trinajstić information content (AvgIpc) is 3.52. The second-order valence-corrected chi connectivity index (χ2v) is 12.4. The lowest BCUT2D eigenvalue weighted by molar-refractivity contribution is 0.0983. The summed E-state index contributed by atoms with van der Waals surface area (Å²) in [6, 6.07) is 13.9. The SMILES string of the molecule is Cc1cc(C)c2sc(N(Cc3ccco3)C(=O)c3ccc(S(=O)(=O)N4CCCC(C)C4)cc3)nc2c1. The van der Waals surface area contributed by atoms with Crippen LogP contribution in [0.1, 0.15) is 47.0 Å². The van der Waals surface area contributed by atoms with Crippen molar-refractivity contribution in [2.75, 3.05) is 18.0 Å². The van der Waals surface area contributed by atoms with Gasteiger partial charge in [0.05, 0.1) is 27.9 Å². The van der Waals surface area contributed by atoms with E-state index < -0.39 is 10.0 Å². The van der Waals surface area contributed by atoms with E-state index >= 15 is 0 Å². The molecule has 1 fully saturated rings. The van der Waals surface area contributed by atoms with Crippen LogP contribution in [-0.4, -0.2) is 36.7 Å².